The Morgan fingerprint density at radius 3 is 2.65 bits per heavy atom. The third-order valence-corrected chi connectivity index (χ3v) is 3.12. The van der Waals surface area contributed by atoms with Crippen molar-refractivity contribution in [1.29, 1.82) is 0 Å². The summed E-state index contributed by atoms with van der Waals surface area (Å²) in [5, 5.41) is 5.23. The maximum absolute atomic E-state index is 12.1. The molecule has 0 bridgehead atoms. The summed E-state index contributed by atoms with van der Waals surface area (Å²) in [5.41, 5.74) is 1.25. The van der Waals surface area contributed by atoms with Crippen molar-refractivity contribution in [3.8, 4) is 11.8 Å². The van der Waals surface area contributed by atoms with Crippen LogP contribution in [0.4, 0.5) is 18.0 Å². The molecule has 2 N–H and O–H groups in total. The molecule has 26 heavy (non-hydrogen) atoms. The SMILES string of the molecule is COc1ncccc1CNC(=O)NCc1ccnc(OCC(F)(F)F)c1. The van der Waals surface area contributed by atoms with E-state index in [1.165, 1.54) is 19.4 Å². The summed E-state index contributed by atoms with van der Waals surface area (Å²) in [4.78, 5) is 19.6. The van der Waals surface area contributed by atoms with Crippen LogP contribution in [0.2, 0.25) is 0 Å². The number of hydrogen-bond acceptors (Lipinski definition) is 5. The Bertz CT molecular complexity index is 741. The van der Waals surface area contributed by atoms with E-state index in [0.29, 0.717) is 17.0 Å². The molecule has 2 amide bonds. The fraction of sp³-hybridized carbons (Fsp3) is 0.312. The zero-order chi connectivity index (χ0) is 19.0. The summed E-state index contributed by atoms with van der Waals surface area (Å²) >= 11 is 0. The second kappa shape index (κ2) is 8.88. The fourth-order valence-corrected chi connectivity index (χ4v) is 1.96. The molecule has 2 aromatic rings. The molecule has 140 valence electrons. The molecule has 7 nitrogen and oxygen atoms in total. The van der Waals surface area contributed by atoms with E-state index in [2.05, 4.69) is 25.3 Å². The smallest absolute Gasteiger partial charge is 0.422 e. The quantitative estimate of drug-likeness (QED) is 0.782. The van der Waals surface area contributed by atoms with Crippen LogP contribution in [0.5, 0.6) is 11.8 Å². The standard InChI is InChI=1S/C16H17F3N4O3/c1-25-14-12(3-2-5-21-14)9-23-15(24)22-8-11-4-6-20-13(7-11)26-10-16(17,18)19/h2-7H,8-10H2,1H3,(H2,22,23,24). The molecule has 0 fully saturated rings. The molecule has 0 aromatic carbocycles. The number of pyridine rings is 2. The summed E-state index contributed by atoms with van der Waals surface area (Å²) in [7, 11) is 1.48. The van der Waals surface area contributed by atoms with Gasteiger partial charge in [-0.3, -0.25) is 0 Å². The summed E-state index contributed by atoms with van der Waals surface area (Å²) in [6.45, 7) is -1.12. The first-order valence-electron chi connectivity index (χ1n) is 7.51. The van der Waals surface area contributed by atoms with Crippen LogP contribution < -0.4 is 20.1 Å². The van der Waals surface area contributed by atoms with Crippen LogP contribution in [0.15, 0.2) is 36.7 Å². The second-order valence-corrected chi connectivity index (χ2v) is 5.11. The normalized spacial score (nSPS) is 10.9. The van der Waals surface area contributed by atoms with Crippen LogP contribution >= 0.6 is 0 Å². The van der Waals surface area contributed by atoms with Gasteiger partial charge in [-0.15, -0.1) is 0 Å². The molecule has 0 unspecified atom stereocenters. The van der Waals surface area contributed by atoms with E-state index >= 15 is 0 Å². The number of urea groups is 1. The zero-order valence-corrected chi connectivity index (χ0v) is 13.8. The summed E-state index contributed by atoms with van der Waals surface area (Å²) in [5.74, 6) is 0.246. The molecule has 0 saturated carbocycles. The molecule has 0 aliphatic heterocycles. The van der Waals surface area contributed by atoms with E-state index in [1.807, 2.05) is 0 Å². The average molecular weight is 370 g/mol. The van der Waals surface area contributed by atoms with Gasteiger partial charge in [0.2, 0.25) is 11.8 Å². The zero-order valence-electron chi connectivity index (χ0n) is 13.8. The molecule has 2 heterocycles. The maximum Gasteiger partial charge on any atom is 0.422 e. The lowest BCUT2D eigenvalue weighted by molar-refractivity contribution is -0.154. The van der Waals surface area contributed by atoms with Crippen molar-refractivity contribution < 1.29 is 27.4 Å². The molecular formula is C16H17F3N4O3. The first-order valence-corrected chi connectivity index (χ1v) is 7.51. The Morgan fingerprint density at radius 2 is 1.92 bits per heavy atom. The molecule has 0 atom stereocenters. The average Bonchev–Trinajstić information content (AvgIpc) is 2.63. The van der Waals surface area contributed by atoms with Gasteiger partial charge in [0.1, 0.15) is 0 Å². The Hall–Kier alpha value is -3.04. The van der Waals surface area contributed by atoms with Crippen molar-refractivity contribution in [2.45, 2.75) is 19.3 Å². The second-order valence-electron chi connectivity index (χ2n) is 5.11. The minimum atomic E-state index is -4.44. The third-order valence-electron chi connectivity index (χ3n) is 3.12. The van der Waals surface area contributed by atoms with Gasteiger partial charge < -0.3 is 20.1 Å². The van der Waals surface area contributed by atoms with E-state index in [0.717, 1.165) is 0 Å². The van der Waals surface area contributed by atoms with Crippen molar-refractivity contribution >= 4 is 6.03 Å². The number of nitrogens with zero attached hydrogens (tertiary/aromatic N) is 2. The highest BCUT2D eigenvalue weighted by Crippen LogP contribution is 2.17. The van der Waals surface area contributed by atoms with Crippen molar-refractivity contribution in [1.82, 2.24) is 20.6 Å². The summed E-state index contributed by atoms with van der Waals surface area (Å²) in [6, 6.07) is 5.92. The molecule has 2 aromatic heterocycles. The Labute approximate surface area is 147 Å². The molecule has 0 aliphatic carbocycles. The molecule has 2 rings (SSSR count). The number of carbonyl (C=O) groups is 1. The Balaban J connectivity index is 1.82. The van der Waals surface area contributed by atoms with Crippen molar-refractivity contribution in [3.63, 3.8) is 0 Å². The van der Waals surface area contributed by atoms with Crippen LogP contribution in [0, 0.1) is 0 Å². The van der Waals surface area contributed by atoms with Crippen molar-refractivity contribution in [2.24, 2.45) is 0 Å². The van der Waals surface area contributed by atoms with E-state index in [4.69, 9.17) is 4.74 Å². The van der Waals surface area contributed by atoms with E-state index in [1.54, 1.807) is 24.4 Å². The lowest BCUT2D eigenvalue weighted by atomic mass is 10.2. The van der Waals surface area contributed by atoms with E-state index in [-0.39, 0.29) is 19.0 Å². The number of amides is 2. The highest BCUT2D eigenvalue weighted by molar-refractivity contribution is 5.73. The number of rotatable bonds is 7. The van der Waals surface area contributed by atoms with Gasteiger partial charge in [-0.05, 0) is 17.7 Å². The minimum absolute atomic E-state index is 0.0981. The molecule has 0 radical (unpaired) electrons. The van der Waals surface area contributed by atoms with Gasteiger partial charge in [0, 0.05) is 37.1 Å². The number of nitrogens with one attached hydrogen (secondary N) is 2. The van der Waals surface area contributed by atoms with Gasteiger partial charge in [-0.1, -0.05) is 6.07 Å². The number of halogens is 3. The van der Waals surface area contributed by atoms with Gasteiger partial charge in [-0.25, -0.2) is 14.8 Å². The van der Waals surface area contributed by atoms with Gasteiger partial charge in [-0.2, -0.15) is 13.2 Å². The Kier molecular flexibility index (Phi) is 6.59. The summed E-state index contributed by atoms with van der Waals surface area (Å²) in [6.07, 6.45) is -1.56. The molecule has 10 heteroatoms. The summed E-state index contributed by atoms with van der Waals surface area (Å²) < 4.78 is 46.1. The van der Waals surface area contributed by atoms with Gasteiger partial charge in [0.15, 0.2) is 6.61 Å². The molecule has 0 aliphatic rings. The lowest BCUT2D eigenvalue weighted by Crippen LogP contribution is -2.34. The Morgan fingerprint density at radius 1 is 1.15 bits per heavy atom. The number of hydrogen-bond donors (Lipinski definition) is 2. The van der Waals surface area contributed by atoms with Gasteiger partial charge in [0.05, 0.1) is 7.11 Å². The number of carbonyl (C=O) groups excluding carboxylic acids is 1. The number of methoxy groups -OCH3 is 1. The van der Waals surface area contributed by atoms with Crippen molar-refractivity contribution in [2.75, 3.05) is 13.7 Å². The van der Waals surface area contributed by atoms with Crippen molar-refractivity contribution in [3.05, 3.63) is 47.8 Å². The minimum Gasteiger partial charge on any atom is -0.481 e. The van der Waals surface area contributed by atoms with Gasteiger partial charge in [0.25, 0.3) is 0 Å². The maximum atomic E-state index is 12.1. The monoisotopic (exact) mass is 370 g/mol. The van der Waals surface area contributed by atoms with Crippen LogP contribution in [-0.2, 0) is 13.1 Å². The lowest BCUT2D eigenvalue weighted by Gasteiger charge is -2.11. The van der Waals surface area contributed by atoms with Crippen LogP contribution in [0.25, 0.3) is 0 Å². The van der Waals surface area contributed by atoms with Crippen LogP contribution in [0.3, 0.4) is 0 Å². The molecule has 0 spiro atoms. The first kappa shape index (κ1) is 19.3. The molecular weight excluding hydrogens is 353 g/mol. The van der Waals surface area contributed by atoms with E-state index < -0.39 is 18.8 Å². The predicted molar refractivity (Wildman–Crippen MR) is 85.7 cm³/mol. The van der Waals surface area contributed by atoms with Crippen LogP contribution in [-0.4, -0.2) is 35.9 Å². The molecule has 0 saturated heterocycles. The van der Waals surface area contributed by atoms with Gasteiger partial charge >= 0.3 is 12.2 Å². The first-order chi connectivity index (χ1) is 12.4. The van der Waals surface area contributed by atoms with Crippen LogP contribution in [0.1, 0.15) is 11.1 Å². The fourth-order valence-electron chi connectivity index (χ4n) is 1.96. The van der Waals surface area contributed by atoms with E-state index in [9.17, 15) is 18.0 Å². The highest BCUT2D eigenvalue weighted by Gasteiger charge is 2.28. The predicted octanol–water partition coefficient (Wildman–Crippen LogP) is 2.43. The number of aromatic nitrogens is 2. The highest BCUT2D eigenvalue weighted by atomic mass is 19.4. The largest absolute Gasteiger partial charge is 0.481 e. The topological polar surface area (TPSA) is 85.4 Å². The number of alkyl halides is 3. The number of ether oxygens (including phenoxy) is 2. The third kappa shape index (κ3) is 6.46.